The fraction of sp³-hybridized carbons (Fsp3) is 0.450. The Balaban J connectivity index is 0.000000181. The van der Waals surface area contributed by atoms with Crippen molar-refractivity contribution in [3.05, 3.63) is 116 Å². The summed E-state index contributed by atoms with van der Waals surface area (Å²) in [6.45, 7) is 13.6. The minimum absolute atomic E-state index is 0.233. The average molecular weight is 625 g/mol. The summed E-state index contributed by atoms with van der Waals surface area (Å²) in [4.78, 5) is 23.1. The summed E-state index contributed by atoms with van der Waals surface area (Å²) in [5.41, 5.74) is 11.5. The number of methoxy groups -OCH3 is 2. The van der Waals surface area contributed by atoms with Crippen molar-refractivity contribution in [3.63, 3.8) is 0 Å². The monoisotopic (exact) mass is 624 g/mol. The maximum Gasteiger partial charge on any atom is 0.373 e. The molecule has 244 valence electrons. The van der Waals surface area contributed by atoms with Crippen molar-refractivity contribution in [1.29, 1.82) is 0 Å². The Labute approximate surface area is 273 Å². The van der Waals surface area contributed by atoms with E-state index in [1.54, 1.807) is 12.1 Å². The molecule has 2 heterocycles. The van der Waals surface area contributed by atoms with Gasteiger partial charge in [0.05, 0.1) is 14.2 Å². The lowest BCUT2D eigenvalue weighted by atomic mass is 9.70. The van der Waals surface area contributed by atoms with E-state index in [-0.39, 0.29) is 22.4 Å². The zero-order valence-corrected chi connectivity index (χ0v) is 28.7. The largest absolute Gasteiger partial charge is 0.463 e. The van der Waals surface area contributed by atoms with Crippen molar-refractivity contribution < 1.29 is 27.9 Å². The summed E-state index contributed by atoms with van der Waals surface area (Å²) in [6, 6.07) is 16.3. The molecule has 0 saturated carbocycles. The second-order valence-corrected chi connectivity index (χ2v) is 14.2. The first-order valence-corrected chi connectivity index (χ1v) is 16.4. The molecule has 6 rings (SSSR count). The number of hydrogen-bond acceptors (Lipinski definition) is 6. The number of furan rings is 2. The molecule has 2 aromatic heterocycles. The van der Waals surface area contributed by atoms with E-state index in [1.807, 2.05) is 12.1 Å². The molecule has 0 unspecified atom stereocenters. The van der Waals surface area contributed by atoms with Crippen LogP contribution in [0.1, 0.15) is 131 Å². The summed E-state index contributed by atoms with van der Waals surface area (Å²) >= 11 is 0. The predicted molar refractivity (Wildman–Crippen MR) is 180 cm³/mol. The Morgan fingerprint density at radius 2 is 1.26 bits per heavy atom. The fourth-order valence-corrected chi connectivity index (χ4v) is 7.24. The van der Waals surface area contributed by atoms with Gasteiger partial charge in [0, 0.05) is 12.8 Å². The van der Waals surface area contributed by atoms with Crippen LogP contribution in [-0.4, -0.2) is 26.2 Å². The van der Waals surface area contributed by atoms with Crippen LogP contribution in [0.4, 0.5) is 0 Å². The SMILES string of the molecule is COC(=O)c1ccc(Cc2c(C)ccc3c2CCCC3(C)C)o1.COC(=O)c1ccc(Cc2cc3c(cc2C)CCCC3(C)C)o1. The van der Waals surface area contributed by atoms with Crippen LogP contribution in [0.5, 0.6) is 0 Å². The summed E-state index contributed by atoms with van der Waals surface area (Å²) in [5, 5.41) is 0. The lowest BCUT2D eigenvalue weighted by Gasteiger charge is -2.34. The third kappa shape index (κ3) is 7.01. The van der Waals surface area contributed by atoms with Crippen LogP contribution in [0.3, 0.4) is 0 Å². The van der Waals surface area contributed by atoms with Crippen molar-refractivity contribution in [2.24, 2.45) is 0 Å². The van der Waals surface area contributed by atoms with E-state index in [0.717, 1.165) is 24.4 Å². The highest BCUT2D eigenvalue weighted by atomic mass is 16.5. The van der Waals surface area contributed by atoms with Crippen LogP contribution in [0, 0.1) is 13.8 Å². The standard InChI is InChI=1S/2C20H24O3/c1-13-7-9-17-15(6-5-11-20(17,2)3)16(13)12-14-8-10-18(23-14)19(21)22-4;1-13-10-14-6-5-9-20(2,3)17(14)12-15(13)11-16-7-8-18(23-16)19(21)22-4/h7-10H,5-6,11-12H2,1-4H3;7-8,10,12H,5-6,9,11H2,1-4H3. The molecule has 6 heteroatoms. The number of benzene rings is 2. The number of ether oxygens (including phenoxy) is 2. The van der Waals surface area contributed by atoms with Gasteiger partial charge in [0.1, 0.15) is 11.5 Å². The van der Waals surface area contributed by atoms with Gasteiger partial charge in [-0.25, -0.2) is 9.59 Å². The molecule has 0 atom stereocenters. The van der Waals surface area contributed by atoms with E-state index in [9.17, 15) is 9.59 Å². The number of rotatable bonds is 6. The third-order valence-corrected chi connectivity index (χ3v) is 9.97. The van der Waals surface area contributed by atoms with Gasteiger partial charge in [-0.1, -0.05) is 52.0 Å². The smallest absolute Gasteiger partial charge is 0.373 e. The van der Waals surface area contributed by atoms with Crippen molar-refractivity contribution in [1.82, 2.24) is 0 Å². The van der Waals surface area contributed by atoms with Crippen molar-refractivity contribution in [2.75, 3.05) is 14.2 Å². The molecule has 2 aromatic carbocycles. The van der Waals surface area contributed by atoms with Crippen LogP contribution in [-0.2, 0) is 46.0 Å². The van der Waals surface area contributed by atoms with Gasteiger partial charge in [-0.15, -0.1) is 0 Å². The van der Waals surface area contributed by atoms with Gasteiger partial charge < -0.3 is 18.3 Å². The van der Waals surface area contributed by atoms with Gasteiger partial charge in [0.25, 0.3) is 0 Å². The van der Waals surface area contributed by atoms with Crippen molar-refractivity contribution in [2.45, 2.75) is 104 Å². The number of carbonyl (C=O) groups excluding carboxylic acids is 2. The van der Waals surface area contributed by atoms with Crippen LogP contribution < -0.4 is 0 Å². The zero-order valence-electron chi connectivity index (χ0n) is 28.7. The Morgan fingerprint density at radius 3 is 1.87 bits per heavy atom. The Bertz CT molecular complexity index is 1720. The first-order chi connectivity index (χ1) is 21.8. The Kier molecular flexibility index (Phi) is 9.67. The summed E-state index contributed by atoms with van der Waals surface area (Å²) in [6.07, 6.45) is 8.68. The highest BCUT2D eigenvalue weighted by Gasteiger charge is 2.30. The van der Waals surface area contributed by atoms with Gasteiger partial charge in [0.2, 0.25) is 11.5 Å². The molecule has 0 spiro atoms. The van der Waals surface area contributed by atoms with Gasteiger partial charge in [-0.2, -0.15) is 0 Å². The first-order valence-electron chi connectivity index (χ1n) is 16.4. The maximum atomic E-state index is 11.5. The fourth-order valence-electron chi connectivity index (χ4n) is 7.24. The molecule has 2 aliphatic rings. The Hall–Kier alpha value is -4.06. The highest BCUT2D eigenvalue weighted by Crippen LogP contribution is 2.40. The van der Waals surface area contributed by atoms with Crippen LogP contribution >= 0.6 is 0 Å². The molecule has 2 aliphatic carbocycles. The maximum absolute atomic E-state index is 11.5. The summed E-state index contributed by atoms with van der Waals surface area (Å²) < 4.78 is 20.7. The zero-order chi connectivity index (χ0) is 33.2. The van der Waals surface area contributed by atoms with Crippen molar-refractivity contribution in [3.8, 4) is 0 Å². The molecule has 0 amide bonds. The summed E-state index contributed by atoms with van der Waals surface area (Å²) in [5.74, 6) is 1.28. The average Bonchev–Trinajstić information content (AvgIpc) is 3.69. The van der Waals surface area contributed by atoms with Gasteiger partial charge >= 0.3 is 11.9 Å². The van der Waals surface area contributed by atoms with E-state index in [4.69, 9.17) is 18.3 Å². The predicted octanol–water partition coefficient (Wildman–Crippen LogP) is 9.16. The quantitative estimate of drug-likeness (QED) is 0.199. The van der Waals surface area contributed by atoms with Crippen molar-refractivity contribution >= 4 is 11.9 Å². The minimum atomic E-state index is -0.431. The second-order valence-electron chi connectivity index (χ2n) is 14.2. The number of aryl methyl sites for hydroxylation is 3. The van der Waals surface area contributed by atoms with Crippen LogP contribution in [0.2, 0.25) is 0 Å². The molecule has 0 saturated heterocycles. The van der Waals surface area contributed by atoms with Gasteiger partial charge in [0.15, 0.2) is 0 Å². The topological polar surface area (TPSA) is 78.9 Å². The number of carbonyl (C=O) groups is 2. The molecule has 0 N–H and O–H groups in total. The Morgan fingerprint density at radius 1 is 0.696 bits per heavy atom. The normalized spacial score (nSPS) is 16.0. The number of esters is 2. The number of fused-ring (bicyclic) bond motifs is 2. The van der Waals surface area contributed by atoms with Crippen LogP contribution in [0.25, 0.3) is 0 Å². The van der Waals surface area contributed by atoms with E-state index in [1.165, 1.54) is 90.8 Å². The first kappa shape index (κ1) is 33.3. The molecular weight excluding hydrogens is 576 g/mol. The van der Waals surface area contributed by atoms with Crippen LogP contribution in [0.15, 0.2) is 57.4 Å². The molecular formula is C40H48O6. The molecule has 0 radical (unpaired) electrons. The molecule has 0 fully saturated rings. The highest BCUT2D eigenvalue weighted by molar-refractivity contribution is 5.86. The number of hydrogen-bond donors (Lipinski definition) is 0. The molecule has 0 bridgehead atoms. The van der Waals surface area contributed by atoms with E-state index in [2.05, 4.69) is 65.8 Å². The summed E-state index contributed by atoms with van der Waals surface area (Å²) in [7, 11) is 2.73. The second kappa shape index (κ2) is 13.4. The van der Waals surface area contributed by atoms with Gasteiger partial charge in [-0.3, -0.25) is 0 Å². The third-order valence-electron chi connectivity index (χ3n) is 9.97. The van der Waals surface area contributed by atoms with E-state index in [0.29, 0.717) is 6.42 Å². The lowest BCUT2D eigenvalue weighted by Crippen LogP contribution is -2.25. The van der Waals surface area contributed by atoms with E-state index < -0.39 is 11.9 Å². The molecule has 46 heavy (non-hydrogen) atoms. The molecule has 0 aliphatic heterocycles. The van der Waals surface area contributed by atoms with Gasteiger partial charge in [-0.05, 0) is 132 Å². The van der Waals surface area contributed by atoms with E-state index >= 15 is 0 Å². The lowest BCUT2D eigenvalue weighted by molar-refractivity contribution is 0.0555. The molecule has 4 aromatic rings. The molecule has 6 nitrogen and oxygen atoms in total. The minimum Gasteiger partial charge on any atom is -0.463 e.